The molecule has 1 nitrogen and oxygen atoms in total. The highest BCUT2D eigenvalue weighted by Crippen LogP contribution is 2.45. The van der Waals surface area contributed by atoms with Crippen LogP contribution in [0.1, 0.15) is 57.4 Å². The summed E-state index contributed by atoms with van der Waals surface area (Å²) < 4.78 is 1.70. The second-order valence-corrected chi connectivity index (χ2v) is 8.34. The van der Waals surface area contributed by atoms with E-state index >= 15 is 0 Å². The van der Waals surface area contributed by atoms with Gasteiger partial charge in [0, 0.05) is 0 Å². The molecule has 1 aliphatic rings. The number of halogens is 2. The summed E-state index contributed by atoms with van der Waals surface area (Å²) in [6.45, 7) is 4.52. The van der Waals surface area contributed by atoms with Crippen molar-refractivity contribution in [1.82, 2.24) is 5.32 Å². The van der Waals surface area contributed by atoms with Gasteiger partial charge in [-0.3, -0.25) is 0 Å². The minimum absolute atomic E-state index is 0.540. The van der Waals surface area contributed by atoms with Gasteiger partial charge >= 0.3 is 0 Å². The molecule has 0 saturated heterocycles. The number of hydrogen-bond acceptors (Lipinski definition) is 2. The van der Waals surface area contributed by atoms with Crippen LogP contribution < -0.4 is 5.32 Å². The Kier molecular flexibility index (Phi) is 6.67. The molecule has 1 fully saturated rings. The highest BCUT2D eigenvalue weighted by molar-refractivity contribution is 7.20. The van der Waals surface area contributed by atoms with E-state index in [0.29, 0.717) is 5.41 Å². The van der Waals surface area contributed by atoms with Crippen LogP contribution in [-0.4, -0.2) is 13.1 Å². The monoisotopic (exact) mass is 333 g/mol. The number of rotatable bonds is 8. The maximum absolute atomic E-state index is 6.24. The molecule has 1 aromatic rings. The molecule has 0 atom stereocenters. The van der Waals surface area contributed by atoms with Gasteiger partial charge < -0.3 is 5.32 Å². The van der Waals surface area contributed by atoms with E-state index in [9.17, 15) is 0 Å². The van der Waals surface area contributed by atoms with Gasteiger partial charge in [-0.25, -0.2) is 0 Å². The van der Waals surface area contributed by atoms with Crippen LogP contribution in [0, 0.1) is 5.41 Å². The highest BCUT2D eigenvalue weighted by atomic mass is 35.5. The van der Waals surface area contributed by atoms with Crippen molar-refractivity contribution in [2.75, 3.05) is 13.1 Å². The second-order valence-electron chi connectivity index (χ2n) is 6.06. The molecule has 1 aliphatic carbocycles. The Morgan fingerprint density at radius 3 is 2.55 bits per heavy atom. The molecule has 0 radical (unpaired) electrons. The average molecular weight is 334 g/mol. The van der Waals surface area contributed by atoms with E-state index in [1.165, 1.54) is 61.8 Å². The Morgan fingerprint density at radius 1 is 1.20 bits per heavy atom. The summed E-state index contributed by atoms with van der Waals surface area (Å²) in [5, 5.41) is 3.56. The quantitative estimate of drug-likeness (QED) is 0.580. The van der Waals surface area contributed by atoms with Crippen molar-refractivity contribution in [3.63, 3.8) is 0 Å². The van der Waals surface area contributed by atoms with E-state index in [0.717, 1.165) is 28.2 Å². The van der Waals surface area contributed by atoms with Crippen molar-refractivity contribution < 1.29 is 0 Å². The summed E-state index contributed by atoms with van der Waals surface area (Å²) in [5.74, 6) is 0. The van der Waals surface area contributed by atoms with Crippen LogP contribution in [-0.2, 0) is 6.42 Å². The van der Waals surface area contributed by atoms with Crippen LogP contribution in [0.25, 0.3) is 0 Å². The van der Waals surface area contributed by atoms with Crippen molar-refractivity contribution in [2.24, 2.45) is 5.41 Å². The Balaban J connectivity index is 1.87. The van der Waals surface area contributed by atoms with Gasteiger partial charge in [-0.15, -0.1) is 11.3 Å². The number of thiophene rings is 1. The standard InChI is InChI=1S/C16H25Cl2NS/c1-2-10-19-11-9-16(6-3-4-7-16)8-5-13-12-14(17)20-15(13)18/h12,19H,2-11H2,1H3. The fourth-order valence-electron chi connectivity index (χ4n) is 3.35. The average Bonchev–Trinajstić information content (AvgIpc) is 3.00. The zero-order valence-electron chi connectivity index (χ0n) is 12.3. The molecule has 0 bridgehead atoms. The van der Waals surface area contributed by atoms with Crippen molar-refractivity contribution >= 4 is 34.5 Å². The summed E-state index contributed by atoms with van der Waals surface area (Å²) in [4.78, 5) is 0. The molecular formula is C16H25Cl2NS. The van der Waals surface area contributed by atoms with Crippen LogP contribution in [0.4, 0.5) is 0 Å². The normalized spacial score (nSPS) is 17.8. The predicted octanol–water partition coefficient (Wildman–Crippen LogP) is 5.94. The number of hydrogen-bond donors (Lipinski definition) is 1. The van der Waals surface area contributed by atoms with Crippen LogP contribution in [0.2, 0.25) is 8.67 Å². The van der Waals surface area contributed by atoms with Gasteiger partial charge in [0.2, 0.25) is 0 Å². The van der Waals surface area contributed by atoms with Crippen LogP contribution in [0.5, 0.6) is 0 Å². The zero-order chi connectivity index (χ0) is 14.4. The van der Waals surface area contributed by atoms with E-state index in [2.05, 4.69) is 12.2 Å². The molecule has 0 aliphatic heterocycles. The van der Waals surface area contributed by atoms with Crippen LogP contribution >= 0.6 is 34.5 Å². The smallest absolute Gasteiger partial charge is 0.0976 e. The van der Waals surface area contributed by atoms with Crippen molar-refractivity contribution in [3.05, 3.63) is 20.3 Å². The molecule has 4 heteroatoms. The van der Waals surface area contributed by atoms with Gasteiger partial charge in [0.1, 0.15) is 0 Å². The molecule has 1 aromatic heterocycles. The van der Waals surface area contributed by atoms with Crippen molar-refractivity contribution in [1.29, 1.82) is 0 Å². The summed E-state index contributed by atoms with van der Waals surface area (Å²) >= 11 is 13.8. The van der Waals surface area contributed by atoms with Crippen molar-refractivity contribution in [2.45, 2.75) is 58.3 Å². The zero-order valence-corrected chi connectivity index (χ0v) is 14.6. The van der Waals surface area contributed by atoms with Crippen LogP contribution in [0.15, 0.2) is 6.07 Å². The lowest BCUT2D eigenvalue weighted by Crippen LogP contribution is -2.25. The lowest BCUT2D eigenvalue weighted by molar-refractivity contribution is 0.245. The van der Waals surface area contributed by atoms with E-state index < -0.39 is 0 Å². The molecule has 2 rings (SSSR count). The molecule has 0 unspecified atom stereocenters. The summed E-state index contributed by atoms with van der Waals surface area (Å²) in [7, 11) is 0. The van der Waals surface area contributed by atoms with Gasteiger partial charge in [-0.05, 0) is 68.7 Å². The van der Waals surface area contributed by atoms with E-state index in [4.69, 9.17) is 23.2 Å². The number of nitrogens with one attached hydrogen (secondary N) is 1. The Hall–Kier alpha value is 0.240. The fraction of sp³-hybridized carbons (Fsp3) is 0.750. The molecule has 0 amide bonds. The molecular weight excluding hydrogens is 309 g/mol. The largest absolute Gasteiger partial charge is 0.317 e. The maximum atomic E-state index is 6.24. The number of aryl methyl sites for hydroxylation is 1. The van der Waals surface area contributed by atoms with E-state index in [1.54, 1.807) is 0 Å². The molecule has 1 heterocycles. The maximum Gasteiger partial charge on any atom is 0.0976 e. The molecule has 20 heavy (non-hydrogen) atoms. The molecule has 0 spiro atoms. The summed E-state index contributed by atoms with van der Waals surface area (Å²) in [5.41, 5.74) is 1.79. The highest BCUT2D eigenvalue weighted by Gasteiger charge is 2.33. The summed E-state index contributed by atoms with van der Waals surface area (Å²) in [6.07, 6.45) is 10.4. The fourth-order valence-corrected chi connectivity index (χ4v) is 4.89. The first-order valence-electron chi connectivity index (χ1n) is 7.80. The second kappa shape index (κ2) is 8.03. The molecule has 114 valence electrons. The minimum atomic E-state index is 0.540. The third kappa shape index (κ3) is 4.62. The first-order valence-corrected chi connectivity index (χ1v) is 9.37. The molecule has 1 N–H and O–H groups in total. The lowest BCUT2D eigenvalue weighted by Gasteiger charge is -2.29. The van der Waals surface area contributed by atoms with E-state index in [-0.39, 0.29) is 0 Å². The third-order valence-electron chi connectivity index (χ3n) is 4.58. The first-order chi connectivity index (χ1) is 9.65. The molecule has 0 aromatic carbocycles. The minimum Gasteiger partial charge on any atom is -0.317 e. The Labute approximate surface area is 137 Å². The van der Waals surface area contributed by atoms with Gasteiger partial charge in [0.15, 0.2) is 0 Å². The third-order valence-corrected chi connectivity index (χ3v) is 6.14. The predicted molar refractivity (Wildman–Crippen MR) is 91.3 cm³/mol. The van der Waals surface area contributed by atoms with E-state index in [1.807, 2.05) is 6.07 Å². The lowest BCUT2D eigenvalue weighted by atomic mass is 9.78. The van der Waals surface area contributed by atoms with Gasteiger partial charge in [-0.1, -0.05) is 43.0 Å². The topological polar surface area (TPSA) is 12.0 Å². The summed E-state index contributed by atoms with van der Waals surface area (Å²) in [6, 6.07) is 2.05. The Bertz CT molecular complexity index is 411. The Morgan fingerprint density at radius 2 is 1.95 bits per heavy atom. The van der Waals surface area contributed by atoms with Gasteiger partial charge in [0.25, 0.3) is 0 Å². The van der Waals surface area contributed by atoms with Gasteiger partial charge in [-0.2, -0.15) is 0 Å². The van der Waals surface area contributed by atoms with Crippen molar-refractivity contribution in [3.8, 4) is 0 Å². The first kappa shape index (κ1) is 16.6. The van der Waals surface area contributed by atoms with Crippen LogP contribution in [0.3, 0.4) is 0 Å². The molecule has 1 saturated carbocycles. The van der Waals surface area contributed by atoms with Gasteiger partial charge in [0.05, 0.1) is 8.67 Å². The SMILES string of the molecule is CCCNCCC1(CCc2cc(Cl)sc2Cl)CCCC1.